The maximum atomic E-state index is 12.9. The minimum atomic E-state index is -0.399. The zero-order valence-corrected chi connectivity index (χ0v) is 18.9. The number of carbonyl (C=O) groups is 2. The summed E-state index contributed by atoms with van der Waals surface area (Å²) >= 11 is 10.6. The van der Waals surface area contributed by atoms with Crippen molar-refractivity contribution >= 4 is 56.5 Å². The normalized spacial score (nSPS) is 16.6. The Balaban J connectivity index is 1.36. The molecule has 1 aromatic heterocycles. The summed E-state index contributed by atoms with van der Waals surface area (Å²) in [5.74, 6) is 1.84. The van der Waals surface area contributed by atoms with Crippen LogP contribution in [0.4, 0.5) is 4.79 Å². The largest absolute Gasteiger partial charge is 0.457 e. The van der Waals surface area contributed by atoms with E-state index in [9.17, 15) is 9.59 Å². The molecule has 1 saturated heterocycles. The summed E-state index contributed by atoms with van der Waals surface area (Å²) in [6.45, 7) is 0.156. The lowest BCUT2D eigenvalue weighted by Crippen LogP contribution is -2.27. The predicted octanol–water partition coefficient (Wildman–Crippen LogP) is 6.33. The number of hydrogen-bond donors (Lipinski definition) is 0. The zero-order valence-electron chi connectivity index (χ0n) is 15.8. The van der Waals surface area contributed by atoms with Gasteiger partial charge >= 0.3 is 0 Å². The molecule has 5 rings (SSSR count). The fourth-order valence-electron chi connectivity index (χ4n) is 3.24. The average molecular weight is 519 g/mol. The smallest absolute Gasteiger partial charge is 0.293 e. The average Bonchev–Trinajstić information content (AvgIpc) is 3.45. The maximum Gasteiger partial charge on any atom is 0.293 e. The number of amides is 2. The number of ether oxygens (including phenoxy) is 2. The van der Waals surface area contributed by atoms with Gasteiger partial charge in [-0.05, 0) is 47.7 Å². The van der Waals surface area contributed by atoms with E-state index >= 15 is 0 Å². The number of rotatable bonds is 4. The van der Waals surface area contributed by atoms with Crippen molar-refractivity contribution in [3.8, 4) is 22.8 Å². The van der Waals surface area contributed by atoms with Crippen LogP contribution in [0.25, 0.3) is 17.4 Å². The fourth-order valence-corrected chi connectivity index (χ4v) is 4.67. The summed E-state index contributed by atoms with van der Waals surface area (Å²) in [5.41, 5.74) is 1.50. The molecular formula is C22H13BrClNO5S. The van der Waals surface area contributed by atoms with Crippen molar-refractivity contribution in [3.05, 3.63) is 74.3 Å². The molecule has 0 radical (unpaired) electrons. The van der Waals surface area contributed by atoms with Gasteiger partial charge in [0.25, 0.3) is 11.1 Å². The van der Waals surface area contributed by atoms with E-state index in [1.807, 2.05) is 30.3 Å². The summed E-state index contributed by atoms with van der Waals surface area (Å²) in [6, 6.07) is 14.6. The van der Waals surface area contributed by atoms with Crippen LogP contribution in [-0.4, -0.2) is 22.8 Å². The zero-order chi connectivity index (χ0) is 21.5. The van der Waals surface area contributed by atoms with Crippen LogP contribution >= 0.6 is 39.3 Å². The second-order valence-corrected chi connectivity index (χ2v) is 9.09. The first kappa shape index (κ1) is 20.2. The molecule has 0 saturated carbocycles. The topological polar surface area (TPSA) is 69.0 Å². The van der Waals surface area contributed by atoms with Gasteiger partial charge in [0.1, 0.15) is 11.5 Å². The Labute approximate surface area is 194 Å². The number of carbonyl (C=O) groups excluding carboxylic acids is 2. The number of furan rings is 1. The predicted molar refractivity (Wildman–Crippen MR) is 121 cm³/mol. The van der Waals surface area contributed by atoms with Crippen LogP contribution in [-0.2, 0) is 11.3 Å². The lowest BCUT2D eigenvalue weighted by Gasteiger charge is -2.14. The van der Waals surface area contributed by atoms with Crippen molar-refractivity contribution in [2.45, 2.75) is 6.54 Å². The third-order valence-corrected chi connectivity index (χ3v) is 6.51. The Bertz CT molecular complexity index is 1250. The van der Waals surface area contributed by atoms with Gasteiger partial charge in [-0.25, -0.2) is 0 Å². The Morgan fingerprint density at radius 2 is 1.90 bits per heavy atom. The van der Waals surface area contributed by atoms with Crippen LogP contribution in [0.15, 0.2) is 62.3 Å². The number of halogens is 2. The van der Waals surface area contributed by atoms with Gasteiger partial charge < -0.3 is 13.9 Å². The van der Waals surface area contributed by atoms with Crippen molar-refractivity contribution < 1.29 is 23.5 Å². The van der Waals surface area contributed by atoms with Crippen LogP contribution in [0.2, 0.25) is 5.02 Å². The second-order valence-electron chi connectivity index (χ2n) is 6.78. The molecule has 0 spiro atoms. The van der Waals surface area contributed by atoms with Crippen LogP contribution in [0.3, 0.4) is 0 Å². The molecule has 2 aromatic carbocycles. The molecule has 0 unspecified atom stereocenters. The van der Waals surface area contributed by atoms with Gasteiger partial charge in [0.15, 0.2) is 11.5 Å². The summed E-state index contributed by atoms with van der Waals surface area (Å²) in [7, 11) is 0. The van der Waals surface area contributed by atoms with Crippen LogP contribution in [0.5, 0.6) is 11.5 Å². The third-order valence-electron chi connectivity index (χ3n) is 4.75. The number of thioether (sulfide) groups is 1. The van der Waals surface area contributed by atoms with Crippen molar-refractivity contribution in [3.63, 3.8) is 0 Å². The van der Waals surface area contributed by atoms with E-state index in [2.05, 4.69) is 15.9 Å². The molecule has 6 nitrogen and oxygen atoms in total. The number of fused-ring (bicyclic) bond motifs is 1. The molecule has 2 amide bonds. The quantitative estimate of drug-likeness (QED) is 0.376. The lowest BCUT2D eigenvalue weighted by molar-refractivity contribution is -0.123. The molecule has 31 heavy (non-hydrogen) atoms. The molecule has 0 N–H and O–H groups in total. The van der Waals surface area contributed by atoms with Gasteiger partial charge in [0, 0.05) is 27.2 Å². The van der Waals surface area contributed by atoms with E-state index in [1.165, 1.54) is 0 Å². The Kier molecular flexibility index (Phi) is 5.29. The first-order valence-electron chi connectivity index (χ1n) is 9.17. The second kappa shape index (κ2) is 8.11. The van der Waals surface area contributed by atoms with Gasteiger partial charge in [-0.15, -0.1) is 0 Å². The molecule has 156 valence electrons. The van der Waals surface area contributed by atoms with Crippen molar-refractivity contribution in [1.82, 2.24) is 4.90 Å². The Hall–Kier alpha value is -2.68. The summed E-state index contributed by atoms with van der Waals surface area (Å²) < 4.78 is 17.4. The van der Waals surface area contributed by atoms with Gasteiger partial charge in [0.05, 0.1) is 11.4 Å². The fraction of sp³-hybridized carbons (Fsp3) is 0.0909. The Morgan fingerprint density at radius 3 is 2.71 bits per heavy atom. The minimum Gasteiger partial charge on any atom is -0.457 e. The molecule has 0 bridgehead atoms. The standard InChI is InChI=1S/C22H13BrClNO5S/c23-14-3-1-2-12(6-14)17-5-4-15(30-17)8-20-21(26)25(22(27)31-20)10-13-7-18-19(9-16(13)24)29-11-28-18/h1-9H,10-11H2/b20-8-. The molecular weight excluding hydrogens is 506 g/mol. The van der Waals surface area contributed by atoms with E-state index in [1.54, 1.807) is 24.3 Å². The van der Waals surface area contributed by atoms with Gasteiger partial charge in [-0.1, -0.05) is 39.7 Å². The molecule has 2 aliphatic rings. The number of nitrogens with zero attached hydrogens (tertiary/aromatic N) is 1. The summed E-state index contributed by atoms with van der Waals surface area (Å²) in [6.07, 6.45) is 1.58. The Morgan fingerprint density at radius 1 is 1.10 bits per heavy atom. The van der Waals surface area contributed by atoms with Crippen LogP contribution in [0, 0.1) is 0 Å². The molecule has 3 heterocycles. The van der Waals surface area contributed by atoms with Gasteiger partial charge in [0.2, 0.25) is 6.79 Å². The van der Waals surface area contributed by atoms with E-state index < -0.39 is 5.91 Å². The van der Waals surface area contributed by atoms with Crippen molar-refractivity contribution in [2.24, 2.45) is 0 Å². The van der Waals surface area contributed by atoms with Gasteiger partial charge in [-0.3, -0.25) is 14.5 Å². The molecule has 9 heteroatoms. The van der Waals surface area contributed by atoms with Crippen molar-refractivity contribution in [2.75, 3.05) is 6.79 Å². The van der Waals surface area contributed by atoms with E-state index in [0.29, 0.717) is 33.6 Å². The maximum absolute atomic E-state index is 12.9. The third kappa shape index (κ3) is 3.98. The minimum absolute atomic E-state index is 0.0406. The van der Waals surface area contributed by atoms with Crippen molar-refractivity contribution in [1.29, 1.82) is 0 Å². The highest BCUT2D eigenvalue weighted by atomic mass is 79.9. The van der Waals surface area contributed by atoms with Crippen LogP contribution < -0.4 is 9.47 Å². The highest BCUT2D eigenvalue weighted by Crippen LogP contribution is 2.39. The number of imide groups is 1. The van der Waals surface area contributed by atoms with E-state index in [0.717, 1.165) is 26.7 Å². The first-order valence-corrected chi connectivity index (χ1v) is 11.2. The number of hydrogen-bond acceptors (Lipinski definition) is 6. The molecule has 2 aliphatic heterocycles. The molecule has 3 aromatic rings. The molecule has 0 atom stereocenters. The summed E-state index contributed by atoms with van der Waals surface area (Å²) in [5, 5.41) is 0.0285. The van der Waals surface area contributed by atoms with E-state index in [-0.39, 0.29) is 23.5 Å². The van der Waals surface area contributed by atoms with Crippen LogP contribution in [0.1, 0.15) is 11.3 Å². The van der Waals surface area contributed by atoms with Gasteiger partial charge in [-0.2, -0.15) is 0 Å². The highest BCUT2D eigenvalue weighted by molar-refractivity contribution is 9.10. The molecule has 1 fully saturated rings. The SMILES string of the molecule is O=C1S/C(=C\c2ccc(-c3cccc(Br)c3)o2)C(=O)N1Cc1cc2c(cc1Cl)OCO2. The van der Waals surface area contributed by atoms with E-state index in [4.69, 9.17) is 25.5 Å². The summed E-state index contributed by atoms with van der Waals surface area (Å²) in [4.78, 5) is 26.8. The first-order chi connectivity index (χ1) is 15.0. The number of benzene rings is 2. The highest BCUT2D eigenvalue weighted by Gasteiger charge is 2.36. The lowest BCUT2D eigenvalue weighted by atomic mass is 10.2. The monoisotopic (exact) mass is 517 g/mol. The molecule has 0 aliphatic carbocycles.